The summed E-state index contributed by atoms with van der Waals surface area (Å²) in [6, 6.07) is 12.0. The number of hydrogen-bond acceptors (Lipinski definition) is 6. The molecule has 1 aliphatic heterocycles. The van der Waals surface area contributed by atoms with E-state index >= 15 is 0 Å². The maximum absolute atomic E-state index is 13.0. The third kappa shape index (κ3) is 3.85. The largest absolute Gasteiger partial charge is 0.449 e. The monoisotopic (exact) mass is 409 g/mol. The Morgan fingerprint density at radius 1 is 1.23 bits per heavy atom. The lowest BCUT2D eigenvalue weighted by atomic mass is 10.1. The van der Waals surface area contributed by atoms with Gasteiger partial charge in [-0.15, -0.1) is 0 Å². The number of para-hydroxylation sites is 1. The number of benzene rings is 2. The Morgan fingerprint density at radius 3 is 2.67 bits per heavy atom. The number of amides is 1. The second-order valence-electron chi connectivity index (χ2n) is 7.85. The fraction of sp³-hybridized carbons (Fsp3) is 0.364. The minimum Gasteiger partial charge on any atom is -0.449 e. The highest BCUT2D eigenvalue weighted by molar-refractivity contribution is 6.01. The van der Waals surface area contributed by atoms with Crippen LogP contribution in [0, 0.1) is 10.1 Å². The molecule has 1 amide bonds. The van der Waals surface area contributed by atoms with Crippen LogP contribution in [0.25, 0.3) is 0 Å². The molecule has 8 nitrogen and oxygen atoms in total. The maximum atomic E-state index is 13.0. The summed E-state index contributed by atoms with van der Waals surface area (Å²) in [6.07, 6.45) is 1.66. The van der Waals surface area contributed by atoms with Crippen LogP contribution < -0.4 is 10.2 Å². The van der Waals surface area contributed by atoms with E-state index in [1.54, 1.807) is 4.90 Å². The van der Waals surface area contributed by atoms with Crippen LogP contribution in [0.1, 0.15) is 42.6 Å². The molecule has 0 aromatic heterocycles. The van der Waals surface area contributed by atoms with E-state index in [0.29, 0.717) is 5.69 Å². The summed E-state index contributed by atoms with van der Waals surface area (Å²) in [4.78, 5) is 38.1. The molecule has 1 fully saturated rings. The van der Waals surface area contributed by atoms with Gasteiger partial charge in [-0.1, -0.05) is 18.2 Å². The summed E-state index contributed by atoms with van der Waals surface area (Å²) in [5.74, 6) is -1.08. The second kappa shape index (κ2) is 7.78. The van der Waals surface area contributed by atoms with Crippen LogP contribution in [0.3, 0.4) is 0 Å². The van der Waals surface area contributed by atoms with Gasteiger partial charge in [0, 0.05) is 23.8 Å². The molecule has 2 atom stereocenters. The number of carbonyl (C=O) groups is 2. The van der Waals surface area contributed by atoms with Crippen molar-refractivity contribution < 1.29 is 19.2 Å². The van der Waals surface area contributed by atoms with Crippen molar-refractivity contribution in [2.75, 3.05) is 10.2 Å². The van der Waals surface area contributed by atoms with Gasteiger partial charge in [-0.3, -0.25) is 14.9 Å². The number of nitro benzene ring substituents is 1. The molecule has 1 heterocycles. The smallest absolute Gasteiger partial charge is 0.339 e. The normalized spacial score (nSPS) is 18.5. The molecule has 2 aromatic rings. The Bertz CT molecular complexity index is 1020. The number of nitrogens with one attached hydrogen (secondary N) is 1. The first-order valence-corrected chi connectivity index (χ1v) is 10.0. The Hall–Kier alpha value is -3.42. The minimum absolute atomic E-state index is 0.0371. The Morgan fingerprint density at radius 2 is 1.97 bits per heavy atom. The van der Waals surface area contributed by atoms with Crippen LogP contribution >= 0.6 is 0 Å². The van der Waals surface area contributed by atoms with Gasteiger partial charge in [0.25, 0.3) is 11.6 Å². The summed E-state index contributed by atoms with van der Waals surface area (Å²) < 4.78 is 5.37. The molecular formula is C22H23N3O5. The number of nitrogens with zero attached hydrogens (tertiary/aromatic N) is 2. The number of fused-ring (bicyclic) bond motifs is 1. The molecule has 4 rings (SSSR count). The SMILES string of the molecule is C[C@@H](OC(=O)c1ccc(NC2CC2)c([N+](=O)[O-])c1)C(=O)N1c2ccccc2C[C@@H]1C. The summed E-state index contributed by atoms with van der Waals surface area (Å²) in [6.45, 7) is 3.46. The van der Waals surface area contributed by atoms with Crippen molar-refractivity contribution >= 4 is 28.9 Å². The number of anilines is 2. The molecule has 1 N–H and O–H groups in total. The summed E-state index contributed by atoms with van der Waals surface area (Å²) in [5, 5.41) is 14.5. The van der Waals surface area contributed by atoms with Crippen LogP contribution in [-0.4, -0.2) is 35.0 Å². The molecule has 1 saturated carbocycles. The highest BCUT2D eigenvalue weighted by Crippen LogP contribution is 2.33. The van der Waals surface area contributed by atoms with E-state index in [0.717, 1.165) is 30.5 Å². The molecule has 0 bridgehead atoms. The lowest BCUT2D eigenvalue weighted by Gasteiger charge is -2.26. The zero-order valence-electron chi connectivity index (χ0n) is 16.8. The molecule has 0 saturated heterocycles. The highest BCUT2D eigenvalue weighted by atomic mass is 16.6. The summed E-state index contributed by atoms with van der Waals surface area (Å²) in [5.41, 5.74) is 2.14. The van der Waals surface area contributed by atoms with Crippen molar-refractivity contribution in [2.24, 2.45) is 0 Å². The molecule has 156 valence electrons. The van der Waals surface area contributed by atoms with Crippen LogP contribution in [-0.2, 0) is 16.0 Å². The molecule has 0 radical (unpaired) electrons. The fourth-order valence-corrected chi connectivity index (χ4v) is 3.76. The predicted molar refractivity (Wildman–Crippen MR) is 112 cm³/mol. The van der Waals surface area contributed by atoms with Crippen molar-refractivity contribution in [2.45, 2.75) is 51.3 Å². The summed E-state index contributed by atoms with van der Waals surface area (Å²) >= 11 is 0. The third-order valence-electron chi connectivity index (χ3n) is 5.44. The van der Waals surface area contributed by atoms with Crippen molar-refractivity contribution in [3.8, 4) is 0 Å². The lowest BCUT2D eigenvalue weighted by Crippen LogP contribution is -2.43. The zero-order valence-corrected chi connectivity index (χ0v) is 16.8. The third-order valence-corrected chi connectivity index (χ3v) is 5.44. The standard InChI is InChI=1S/C22H23N3O5/c1-13-11-15-5-3-4-6-19(15)24(13)21(26)14(2)30-22(27)16-7-10-18(23-17-8-9-17)20(12-16)25(28)29/h3-7,10,12-14,17,23H,8-9,11H2,1-2H3/t13-,14+/m0/s1. The van der Waals surface area contributed by atoms with Gasteiger partial charge in [0.05, 0.1) is 10.5 Å². The first kappa shape index (κ1) is 19.9. The maximum Gasteiger partial charge on any atom is 0.339 e. The molecule has 0 unspecified atom stereocenters. The van der Waals surface area contributed by atoms with E-state index < -0.39 is 17.0 Å². The second-order valence-corrected chi connectivity index (χ2v) is 7.85. The van der Waals surface area contributed by atoms with E-state index in [9.17, 15) is 19.7 Å². The number of carbonyl (C=O) groups excluding carboxylic acids is 2. The number of hydrogen-bond donors (Lipinski definition) is 1. The van der Waals surface area contributed by atoms with Gasteiger partial charge >= 0.3 is 5.97 Å². The first-order chi connectivity index (χ1) is 14.3. The molecule has 8 heteroatoms. The van der Waals surface area contributed by atoms with Crippen molar-refractivity contribution in [1.29, 1.82) is 0 Å². The molecule has 0 spiro atoms. The molecular weight excluding hydrogens is 386 g/mol. The lowest BCUT2D eigenvalue weighted by molar-refractivity contribution is -0.384. The Kier molecular flexibility index (Phi) is 5.15. The van der Waals surface area contributed by atoms with Gasteiger partial charge in [-0.2, -0.15) is 0 Å². The quantitative estimate of drug-likeness (QED) is 0.443. The van der Waals surface area contributed by atoms with E-state index in [1.807, 2.05) is 31.2 Å². The predicted octanol–water partition coefficient (Wildman–Crippen LogP) is 3.69. The fourth-order valence-electron chi connectivity index (χ4n) is 3.76. The van der Waals surface area contributed by atoms with Crippen molar-refractivity contribution in [3.05, 3.63) is 63.7 Å². The number of esters is 1. The van der Waals surface area contributed by atoms with Gasteiger partial charge < -0.3 is 15.0 Å². The van der Waals surface area contributed by atoms with Crippen LogP contribution in [0.2, 0.25) is 0 Å². The molecule has 1 aliphatic carbocycles. The van der Waals surface area contributed by atoms with Crippen molar-refractivity contribution in [1.82, 2.24) is 0 Å². The zero-order chi connectivity index (χ0) is 21.4. The molecule has 2 aliphatic rings. The van der Waals surface area contributed by atoms with Crippen LogP contribution in [0.15, 0.2) is 42.5 Å². The summed E-state index contributed by atoms with van der Waals surface area (Å²) in [7, 11) is 0. The van der Waals surface area contributed by atoms with Crippen LogP contribution in [0.4, 0.5) is 17.1 Å². The van der Waals surface area contributed by atoms with Gasteiger partial charge in [-0.25, -0.2) is 4.79 Å². The van der Waals surface area contributed by atoms with E-state index in [1.165, 1.54) is 25.1 Å². The minimum atomic E-state index is -1.02. The molecule has 2 aromatic carbocycles. The topological polar surface area (TPSA) is 102 Å². The first-order valence-electron chi connectivity index (χ1n) is 10.0. The number of ether oxygens (including phenoxy) is 1. The highest BCUT2D eigenvalue weighted by Gasteiger charge is 2.35. The van der Waals surface area contributed by atoms with Gasteiger partial charge in [0.1, 0.15) is 5.69 Å². The van der Waals surface area contributed by atoms with Crippen LogP contribution in [0.5, 0.6) is 0 Å². The average molecular weight is 409 g/mol. The van der Waals surface area contributed by atoms with E-state index in [-0.39, 0.29) is 29.2 Å². The van der Waals surface area contributed by atoms with Crippen molar-refractivity contribution in [3.63, 3.8) is 0 Å². The van der Waals surface area contributed by atoms with Gasteiger partial charge in [0.15, 0.2) is 6.10 Å². The number of nitro groups is 1. The van der Waals surface area contributed by atoms with E-state index in [4.69, 9.17) is 4.74 Å². The van der Waals surface area contributed by atoms with E-state index in [2.05, 4.69) is 5.32 Å². The Labute approximate surface area is 174 Å². The number of rotatable bonds is 6. The van der Waals surface area contributed by atoms with Gasteiger partial charge in [-0.05, 0) is 56.9 Å². The average Bonchev–Trinajstić information content (AvgIpc) is 3.46. The molecule has 30 heavy (non-hydrogen) atoms. The Balaban J connectivity index is 1.49. The van der Waals surface area contributed by atoms with Gasteiger partial charge in [0.2, 0.25) is 0 Å².